The molecule has 3 nitrogen and oxygen atoms in total. The van der Waals surface area contributed by atoms with Crippen molar-refractivity contribution in [3.63, 3.8) is 0 Å². The Balaban J connectivity index is 3.96. The lowest BCUT2D eigenvalue weighted by Gasteiger charge is -2.21. The second-order valence-corrected chi connectivity index (χ2v) is 3.68. The van der Waals surface area contributed by atoms with Gasteiger partial charge in [-0.25, -0.2) is 4.79 Å². The second-order valence-electron chi connectivity index (χ2n) is 3.68. The topological polar surface area (TPSA) is 57.5 Å². The maximum atomic E-state index is 10.5. The molecule has 3 heteroatoms. The average molecular weight is 174 g/mol. The number of hydrogen-bond donors (Lipinski definition) is 2. The van der Waals surface area contributed by atoms with E-state index in [-0.39, 0.29) is 5.92 Å². The Kier molecular flexibility index (Phi) is 4.24. The second kappa shape index (κ2) is 4.45. The van der Waals surface area contributed by atoms with Crippen molar-refractivity contribution < 1.29 is 15.0 Å². The number of rotatable bonds is 5. The van der Waals surface area contributed by atoms with Crippen LogP contribution in [0.2, 0.25) is 0 Å². The first-order chi connectivity index (χ1) is 5.40. The molecule has 2 atom stereocenters. The SMILES string of the molecule is CCCC(C)CC(C)(O)C(=O)O. The summed E-state index contributed by atoms with van der Waals surface area (Å²) < 4.78 is 0. The van der Waals surface area contributed by atoms with Crippen LogP contribution < -0.4 is 0 Å². The van der Waals surface area contributed by atoms with Gasteiger partial charge in [0.25, 0.3) is 0 Å². The van der Waals surface area contributed by atoms with Gasteiger partial charge in [0.15, 0.2) is 5.60 Å². The Bertz CT molecular complexity index is 152. The molecule has 2 unspecified atom stereocenters. The van der Waals surface area contributed by atoms with Crippen LogP contribution >= 0.6 is 0 Å². The number of carboxylic acids is 1. The van der Waals surface area contributed by atoms with Gasteiger partial charge in [0.2, 0.25) is 0 Å². The Morgan fingerprint density at radius 1 is 1.58 bits per heavy atom. The monoisotopic (exact) mass is 174 g/mol. The molecule has 0 saturated heterocycles. The van der Waals surface area contributed by atoms with Crippen molar-refractivity contribution >= 4 is 5.97 Å². The molecule has 12 heavy (non-hydrogen) atoms. The molecule has 0 aromatic carbocycles. The predicted octanol–water partition coefficient (Wildman–Crippen LogP) is 1.65. The van der Waals surface area contributed by atoms with Gasteiger partial charge in [-0.05, 0) is 19.3 Å². The Labute approximate surface area is 73.4 Å². The van der Waals surface area contributed by atoms with Gasteiger partial charge in [-0.1, -0.05) is 26.7 Å². The van der Waals surface area contributed by atoms with Crippen molar-refractivity contribution in [3.8, 4) is 0 Å². The zero-order valence-electron chi connectivity index (χ0n) is 8.00. The summed E-state index contributed by atoms with van der Waals surface area (Å²) in [4.78, 5) is 10.5. The first-order valence-electron chi connectivity index (χ1n) is 4.36. The van der Waals surface area contributed by atoms with E-state index in [1.54, 1.807) is 0 Å². The normalized spacial score (nSPS) is 18.3. The Hall–Kier alpha value is -0.570. The van der Waals surface area contributed by atoms with E-state index in [4.69, 9.17) is 5.11 Å². The average Bonchev–Trinajstić information content (AvgIpc) is 1.85. The van der Waals surface area contributed by atoms with Gasteiger partial charge in [0.05, 0.1) is 0 Å². The van der Waals surface area contributed by atoms with Gasteiger partial charge in [0, 0.05) is 0 Å². The highest BCUT2D eigenvalue weighted by Crippen LogP contribution is 2.20. The van der Waals surface area contributed by atoms with E-state index >= 15 is 0 Å². The van der Waals surface area contributed by atoms with E-state index in [1.807, 2.05) is 13.8 Å². The molecule has 0 spiro atoms. The van der Waals surface area contributed by atoms with Crippen LogP contribution in [-0.2, 0) is 4.79 Å². The van der Waals surface area contributed by atoms with Crippen LogP contribution in [0.1, 0.15) is 40.0 Å². The summed E-state index contributed by atoms with van der Waals surface area (Å²) in [6.45, 7) is 5.36. The highest BCUT2D eigenvalue weighted by molar-refractivity contribution is 5.76. The summed E-state index contributed by atoms with van der Waals surface area (Å²) in [5, 5.41) is 18.0. The lowest BCUT2D eigenvalue weighted by Crippen LogP contribution is -2.36. The molecule has 0 heterocycles. The van der Waals surface area contributed by atoms with Gasteiger partial charge in [0.1, 0.15) is 0 Å². The molecular formula is C9H18O3. The standard InChI is InChI=1S/C9H18O3/c1-4-5-7(2)6-9(3,12)8(10)11/h7,12H,4-6H2,1-3H3,(H,10,11). The first kappa shape index (κ1) is 11.4. The number of carboxylic acid groups (broad SMARTS) is 1. The summed E-state index contributed by atoms with van der Waals surface area (Å²) in [6.07, 6.45) is 2.32. The van der Waals surface area contributed by atoms with Gasteiger partial charge in [-0.15, -0.1) is 0 Å². The van der Waals surface area contributed by atoms with Crippen LogP contribution in [0.3, 0.4) is 0 Å². The third-order valence-corrected chi connectivity index (χ3v) is 1.99. The van der Waals surface area contributed by atoms with E-state index in [2.05, 4.69) is 0 Å². The summed E-state index contributed by atoms with van der Waals surface area (Å²) in [5.74, 6) is -0.869. The number of carbonyl (C=O) groups is 1. The molecule has 0 rings (SSSR count). The van der Waals surface area contributed by atoms with Crippen LogP contribution in [0, 0.1) is 5.92 Å². The largest absolute Gasteiger partial charge is 0.479 e. The van der Waals surface area contributed by atoms with Crippen molar-refractivity contribution in [2.24, 2.45) is 5.92 Å². The lowest BCUT2D eigenvalue weighted by molar-refractivity contribution is -0.158. The molecule has 0 fully saturated rings. The Morgan fingerprint density at radius 3 is 2.42 bits per heavy atom. The van der Waals surface area contributed by atoms with E-state index < -0.39 is 11.6 Å². The number of aliphatic hydroxyl groups is 1. The minimum Gasteiger partial charge on any atom is -0.479 e. The Morgan fingerprint density at radius 2 is 2.08 bits per heavy atom. The van der Waals surface area contributed by atoms with Crippen molar-refractivity contribution in [2.75, 3.05) is 0 Å². The maximum absolute atomic E-state index is 10.5. The van der Waals surface area contributed by atoms with Gasteiger partial charge >= 0.3 is 5.97 Å². The van der Waals surface area contributed by atoms with Crippen molar-refractivity contribution in [3.05, 3.63) is 0 Å². The van der Waals surface area contributed by atoms with E-state index in [0.717, 1.165) is 12.8 Å². The fraction of sp³-hybridized carbons (Fsp3) is 0.889. The maximum Gasteiger partial charge on any atom is 0.335 e. The van der Waals surface area contributed by atoms with Crippen molar-refractivity contribution in [1.29, 1.82) is 0 Å². The molecular weight excluding hydrogens is 156 g/mol. The lowest BCUT2D eigenvalue weighted by atomic mass is 9.90. The quantitative estimate of drug-likeness (QED) is 0.666. The molecule has 0 aromatic rings. The fourth-order valence-corrected chi connectivity index (χ4v) is 1.36. The molecule has 0 aliphatic heterocycles. The van der Waals surface area contributed by atoms with E-state index in [9.17, 15) is 9.90 Å². The third kappa shape index (κ3) is 3.72. The van der Waals surface area contributed by atoms with Crippen LogP contribution in [0.15, 0.2) is 0 Å². The molecule has 0 aliphatic carbocycles. The molecule has 0 aromatic heterocycles. The summed E-state index contributed by atoms with van der Waals surface area (Å²) in [6, 6.07) is 0. The molecule has 0 amide bonds. The summed E-state index contributed by atoms with van der Waals surface area (Å²) >= 11 is 0. The molecule has 0 radical (unpaired) electrons. The highest BCUT2D eigenvalue weighted by atomic mass is 16.4. The minimum atomic E-state index is -1.56. The smallest absolute Gasteiger partial charge is 0.335 e. The molecule has 0 aliphatic rings. The molecule has 0 bridgehead atoms. The van der Waals surface area contributed by atoms with Crippen LogP contribution in [-0.4, -0.2) is 21.8 Å². The third-order valence-electron chi connectivity index (χ3n) is 1.99. The van der Waals surface area contributed by atoms with Gasteiger partial charge in [-0.3, -0.25) is 0 Å². The predicted molar refractivity (Wildman–Crippen MR) is 46.9 cm³/mol. The molecule has 2 N–H and O–H groups in total. The zero-order chi connectivity index (χ0) is 9.78. The van der Waals surface area contributed by atoms with Gasteiger partial charge in [-0.2, -0.15) is 0 Å². The number of aliphatic carboxylic acids is 1. The number of hydrogen-bond acceptors (Lipinski definition) is 2. The highest BCUT2D eigenvalue weighted by Gasteiger charge is 2.31. The first-order valence-corrected chi connectivity index (χ1v) is 4.36. The molecule has 0 saturated carbocycles. The zero-order valence-corrected chi connectivity index (χ0v) is 8.00. The minimum absolute atomic E-state index is 0.265. The van der Waals surface area contributed by atoms with Crippen LogP contribution in [0.25, 0.3) is 0 Å². The molecule has 72 valence electrons. The van der Waals surface area contributed by atoms with Gasteiger partial charge < -0.3 is 10.2 Å². The van der Waals surface area contributed by atoms with Crippen molar-refractivity contribution in [2.45, 2.75) is 45.6 Å². The van der Waals surface area contributed by atoms with Crippen LogP contribution in [0.4, 0.5) is 0 Å². The summed E-state index contributed by atoms with van der Waals surface area (Å²) in [7, 11) is 0. The van der Waals surface area contributed by atoms with Crippen molar-refractivity contribution in [1.82, 2.24) is 0 Å². The van der Waals surface area contributed by atoms with E-state index in [0.29, 0.717) is 6.42 Å². The van der Waals surface area contributed by atoms with E-state index in [1.165, 1.54) is 6.92 Å². The van der Waals surface area contributed by atoms with Crippen LogP contribution in [0.5, 0.6) is 0 Å². The summed E-state index contributed by atoms with van der Waals surface area (Å²) in [5.41, 5.74) is -1.56. The fourth-order valence-electron chi connectivity index (χ4n) is 1.36.